The average molecular weight is 316 g/mol. The minimum atomic E-state index is -1.82. The Balaban J connectivity index is 0.000000346. The van der Waals surface area contributed by atoms with Gasteiger partial charge >= 0.3 is 18.0 Å². The van der Waals surface area contributed by atoms with E-state index in [4.69, 9.17) is 24.5 Å². The van der Waals surface area contributed by atoms with Crippen LogP contribution in [0.5, 0.6) is 0 Å². The number of hydrogen-bond donors (Lipinski definition) is 3. The van der Waals surface area contributed by atoms with Crippen LogP contribution < -0.4 is 5.32 Å². The summed E-state index contributed by atoms with van der Waals surface area (Å²) in [6.45, 7) is 9.65. The summed E-state index contributed by atoms with van der Waals surface area (Å²) in [6, 6.07) is 0. The maximum absolute atomic E-state index is 11.8. The fourth-order valence-corrected chi connectivity index (χ4v) is 2.32. The van der Waals surface area contributed by atoms with E-state index in [-0.39, 0.29) is 11.7 Å². The second-order valence-electron chi connectivity index (χ2n) is 6.68. The van der Waals surface area contributed by atoms with E-state index >= 15 is 0 Å². The highest BCUT2D eigenvalue weighted by molar-refractivity contribution is 6.27. The van der Waals surface area contributed by atoms with E-state index in [0.29, 0.717) is 5.41 Å². The number of piperidine rings is 1. The number of carboxylic acid groups (broad SMARTS) is 2. The number of carboxylic acids is 2. The fourth-order valence-electron chi connectivity index (χ4n) is 2.32. The van der Waals surface area contributed by atoms with Crippen LogP contribution in [-0.2, 0) is 14.3 Å². The van der Waals surface area contributed by atoms with Crippen LogP contribution in [0, 0.1) is 5.41 Å². The molecule has 0 aliphatic carbocycles. The normalized spacial score (nSPS) is 19.5. The van der Waals surface area contributed by atoms with Gasteiger partial charge in [0, 0.05) is 26.2 Å². The molecule has 2 fully saturated rings. The molecule has 1 spiro atoms. The molecule has 0 saturated carbocycles. The first-order valence-electron chi connectivity index (χ1n) is 7.20. The molecule has 8 heteroatoms. The van der Waals surface area contributed by atoms with Crippen LogP contribution in [0.15, 0.2) is 0 Å². The third-order valence-corrected chi connectivity index (χ3v) is 3.66. The number of carbonyl (C=O) groups is 3. The summed E-state index contributed by atoms with van der Waals surface area (Å²) in [5.41, 5.74) is 0.1000. The van der Waals surface area contributed by atoms with Crippen molar-refractivity contribution in [1.29, 1.82) is 0 Å². The Labute approximate surface area is 129 Å². The van der Waals surface area contributed by atoms with Gasteiger partial charge in [0.1, 0.15) is 5.60 Å². The highest BCUT2D eigenvalue weighted by Gasteiger charge is 2.41. The lowest BCUT2D eigenvalue weighted by Gasteiger charge is -2.48. The molecule has 2 aliphatic heterocycles. The third-order valence-electron chi connectivity index (χ3n) is 3.66. The molecule has 3 N–H and O–H groups in total. The molecule has 0 radical (unpaired) electrons. The Morgan fingerprint density at radius 1 is 1.05 bits per heavy atom. The minimum absolute atomic E-state index is 0.158. The van der Waals surface area contributed by atoms with Crippen molar-refractivity contribution < 1.29 is 29.3 Å². The lowest BCUT2D eigenvalue weighted by molar-refractivity contribution is -0.159. The van der Waals surface area contributed by atoms with Gasteiger partial charge in [-0.1, -0.05) is 0 Å². The van der Waals surface area contributed by atoms with Crippen LogP contribution in [0.3, 0.4) is 0 Å². The van der Waals surface area contributed by atoms with Gasteiger partial charge in [-0.2, -0.15) is 0 Å². The highest BCUT2D eigenvalue weighted by Crippen LogP contribution is 2.35. The predicted molar refractivity (Wildman–Crippen MR) is 77.6 cm³/mol. The number of carbonyl (C=O) groups excluding carboxylic acids is 1. The van der Waals surface area contributed by atoms with Crippen molar-refractivity contribution >= 4 is 18.0 Å². The van der Waals surface area contributed by atoms with Crippen molar-refractivity contribution in [2.75, 3.05) is 26.2 Å². The largest absolute Gasteiger partial charge is 0.473 e. The Morgan fingerprint density at radius 3 is 1.77 bits per heavy atom. The summed E-state index contributed by atoms with van der Waals surface area (Å²) in [7, 11) is 0. The molecule has 2 rings (SSSR count). The molecule has 0 bridgehead atoms. The van der Waals surface area contributed by atoms with Crippen LogP contribution in [-0.4, -0.2) is 64.9 Å². The van der Waals surface area contributed by atoms with E-state index in [2.05, 4.69) is 5.32 Å². The van der Waals surface area contributed by atoms with Gasteiger partial charge in [-0.3, -0.25) is 0 Å². The molecule has 0 aromatic heterocycles. The fraction of sp³-hybridized carbons (Fsp3) is 0.786. The lowest BCUT2D eigenvalue weighted by Crippen LogP contribution is -2.59. The zero-order valence-electron chi connectivity index (χ0n) is 13.2. The minimum Gasteiger partial charge on any atom is -0.473 e. The van der Waals surface area contributed by atoms with Gasteiger partial charge in [-0.15, -0.1) is 0 Å². The molecule has 2 aliphatic rings. The monoisotopic (exact) mass is 316 g/mol. The van der Waals surface area contributed by atoms with E-state index in [9.17, 15) is 4.79 Å². The molecule has 1 amide bonds. The number of rotatable bonds is 0. The molecule has 8 nitrogen and oxygen atoms in total. The first-order valence-corrected chi connectivity index (χ1v) is 7.20. The molecule has 0 atom stereocenters. The number of hydrogen-bond acceptors (Lipinski definition) is 5. The molecule has 0 unspecified atom stereocenters. The van der Waals surface area contributed by atoms with E-state index in [1.807, 2.05) is 25.7 Å². The Morgan fingerprint density at radius 2 is 1.50 bits per heavy atom. The number of nitrogens with zero attached hydrogens (tertiary/aromatic N) is 1. The summed E-state index contributed by atoms with van der Waals surface area (Å²) in [5, 5.41) is 18.1. The number of amides is 1. The van der Waals surface area contributed by atoms with Crippen molar-refractivity contribution in [3.63, 3.8) is 0 Å². The Hall–Kier alpha value is -1.83. The van der Waals surface area contributed by atoms with Crippen LogP contribution in [0.4, 0.5) is 4.79 Å². The summed E-state index contributed by atoms with van der Waals surface area (Å²) < 4.78 is 5.37. The summed E-state index contributed by atoms with van der Waals surface area (Å²) in [5.74, 6) is -3.65. The van der Waals surface area contributed by atoms with Gasteiger partial charge < -0.3 is 25.2 Å². The van der Waals surface area contributed by atoms with Gasteiger partial charge in [-0.05, 0) is 39.0 Å². The molecule has 22 heavy (non-hydrogen) atoms. The quantitative estimate of drug-likeness (QED) is 0.565. The van der Waals surface area contributed by atoms with Gasteiger partial charge in [0.05, 0.1) is 0 Å². The second kappa shape index (κ2) is 6.95. The molecule has 0 aromatic carbocycles. The number of aliphatic carboxylic acids is 2. The van der Waals surface area contributed by atoms with Crippen molar-refractivity contribution in [1.82, 2.24) is 10.2 Å². The zero-order chi connectivity index (χ0) is 17.0. The van der Waals surface area contributed by atoms with Crippen LogP contribution in [0.25, 0.3) is 0 Å². The van der Waals surface area contributed by atoms with E-state index in [0.717, 1.165) is 39.0 Å². The highest BCUT2D eigenvalue weighted by atomic mass is 16.6. The first kappa shape index (κ1) is 18.2. The van der Waals surface area contributed by atoms with E-state index in [1.165, 1.54) is 0 Å². The second-order valence-corrected chi connectivity index (χ2v) is 6.68. The summed E-state index contributed by atoms with van der Waals surface area (Å²) in [4.78, 5) is 31.9. The number of ether oxygens (including phenoxy) is 1. The topological polar surface area (TPSA) is 116 Å². The van der Waals surface area contributed by atoms with Gasteiger partial charge in [-0.25, -0.2) is 14.4 Å². The van der Waals surface area contributed by atoms with Gasteiger partial charge in [0.25, 0.3) is 0 Å². The first-order chi connectivity index (χ1) is 10.0. The molecule has 126 valence electrons. The zero-order valence-corrected chi connectivity index (χ0v) is 13.2. The van der Waals surface area contributed by atoms with Crippen LogP contribution >= 0.6 is 0 Å². The van der Waals surface area contributed by atoms with Crippen molar-refractivity contribution in [3.8, 4) is 0 Å². The Kier molecular flexibility index (Phi) is 5.76. The van der Waals surface area contributed by atoms with E-state index < -0.39 is 11.9 Å². The summed E-state index contributed by atoms with van der Waals surface area (Å²) in [6.07, 6.45) is 2.06. The molecular formula is C14H24N2O6. The summed E-state index contributed by atoms with van der Waals surface area (Å²) >= 11 is 0. The van der Waals surface area contributed by atoms with Crippen LogP contribution in [0.2, 0.25) is 0 Å². The number of likely N-dealkylation sites (tertiary alicyclic amines) is 1. The van der Waals surface area contributed by atoms with Crippen molar-refractivity contribution in [2.24, 2.45) is 5.41 Å². The molecule has 0 aromatic rings. The smallest absolute Gasteiger partial charge is 0.414 e. The molecule has 2 saturated heterocycles. The standard InChI is InChI=1S/C12H22N2O2.C2H2O4/c1-11(2,3)16-10(15)14-6-4-12(5-7-14)8-13-9-12;3-1(4)2(5)6/h13H,4-9H2,1-3H3;(H,3,4)(H,5,6). The average Bonchev–Trinajstić information content (AvgIpc) is 2.35. The van der Waals surface area contributed by atoms with E-state index in [1.54, 1.807) is 0 Å². The van der Waals surface area contributed by atoms with Crippen LogP contribution in [0.1, 0.15) is 33.6 Å². The Bertz CT molecular complexity index is 417. The lowest BCUT2D eigenvalue weighted by atomic mass is 9.73. The van der Waals surface area contributed by atoms with Crippen molar-refractivity contribution in [2.45, 2.75) is 39.2 Å². The molecular weight excluding hydrogens is 292 g/mol. The van der Waals surface area contributed by atoms with Gasteiger partial charge in [0.2, 0.25) is 0 Å². The third kappa shape index (κ3) is 5.51. The maximum atomic E-state index is 11.8. The van der Waals surface area contributed by atoms with Crippen molar-refractivity contribution in [3.05, 3.63) is 0 Å². The predicted octanol–water partition coefficient (Wildman–Crippen LogP) is 0.763. The SMILES string of the molecule is CC(C)(C)OC(=O)N1CCC2(CC1)CNC2.O=C(O)C(=O)O. The number of nitrogens with one attached hydrogen (secondary N) is 1. The molecule has 2 heterocycles. The van der Waals surface area contributed by atoms with Gasteiger partial charge in [0.15, 0.2) is 0 Å². The maximum Gasteiger partial charge on any atom is 0.414 e.